The second-order valence-electron chi connectivity index (χ2n) is 3.33. The number of halogens is 1. The van der Waals surface area contributed by atoms with Gasteiger partial charge in [0, 0.05) is 19.7 Å². The summed E-state index contributed by atoms with van der Waals surface area (Å²) in [5.74, 6) is 0.00139. The van der Waals surface area contributed by atoms with Crippen molar-refractivity contribution in [2.24, 2.45) is 0 Å². The minimum Gasteiger partial charge on any atom is -0.345 e. The van der Waals surface area contributed by atoms with Gasteiger partial charge in [0.05, 0.1) is 17.4 Å². The normalized spacial score (nSPS) is 9.73. The van der Waals surface area contributed by atoms with Gasteiger partial charge in [-0.15, -0.1) is 24.0 Å². The first-order chi connectivity index (χ1) is 6.68. The summed E-state index contributed by atoms with van der Waals surface area (Å²) in [5.41, 5.74) is 2.43. The van der Waals surface area contributed by atoms with Crippen LogP contribution >= 0.6 is 24.0 Å². The van der Waals surface area contributed by atoms with Gasteiger partial charge in [-0.25, -0.2) is 4.98 Å². The average molecular weight is 317 g/mol. The molecule has 1 aromatic heterocycles. The fraction of sp³-hybridized carbons (Fsp3) is 0.200. The number of amides is 1. The van der Waals surface area contributed by atoms with Crippen LogP contribution in [0.1, 0.15) is 10.4 Å². The molecule has 2 rings (SSSR count). The number of benzene rings is 1. The third-order valence-electron chi connectivity index (χ3n) is 2.07. The van der Waals surface area contributed by atoms with Crippen LogP contribution in [0.2, 0.25) is 0 Å². The van der Waals surface area contributed by atoms with E-state index in [1.54, 1.807) is 31.4 Å². The first-order valence-corrected chi connectivity index (χ1v) is 4.33. The predicted octanol–water partition coefficient (Wildman–Crippen LogP) is 1.88. The third-order valence-corrected chi connectivity index (χ3v) is 2.07. The Morgan fingerprint density at radius 1 is 1.40 bits per heavy atom. The van der Waals surface area contributed by atoms with Crippen LogP contribution in [0.25, 0.3) is 11.0 Å². The van der Waals surface area contributed by atoms with E-state index in [-0.39, 0.29) is 29.9 Å². The maximum absolute atomic E-state index is 11.6. The molecular weight excluding hydrogens is 305 g/mol. The number of nitrogens with zero attached hydrogens (tertiary/aromatic N) is 2. The van der Waals surface area contributed by atoms with Crippen molar-refractivity contribution in [3.63, 3.8) is 0 Å². The van der Waals surface area contributed by atoms with E-state index in [4.69, 9.17) is 0 Å². The number of carbonyl (C=O) groups excluding carboxylic acids is 1. The Labute approximate surface area is 105 Å². The molecule has 1 aromatic carbocycles. The molecule has 0 fully saturated rings. The summed E-state index contributed by atoms with van der Waals surface area (Å²) in [5, 5.41) is 0. The number of carbonyl (C=O) groups is 1. The first-order valence-electron chi connectivity index (χ1n) is 4.33. The molecule has 80 valence electrons. The molecule has 0 radical (unpaired) electrons. The summed E-state index contributed by atoms with van der Waals surface area (Å²) in [7, 11) is 3.47. The molecular formula is C10H12IN3O. The molecule has 0 aliphatic rings. The van der Waals surface area contributed by atoms with Crippen molar-refractivity contribution >= 4 is 40.9 Å². The van der Waals surface area contributed by atoms with E-state index in [0.717, 1.165) is 11.0 Å². The highest BCUT2D eigenvalue weighted by molar-refractivity contribution is 14.0. The van der Waals surface area contributed by atoms with Gasteiger partial charge in [0.2, 0.25) is 0 Å². The fourth-order valence-corrected chi connectivity index (χ4v) is 1.33. The quantitative estimate of drug-likeness (QED) is 0.817. The van der Waals surface area contributed by atoms with E-state index in [1.807, 2.05) is 12.1 Å². The lowest BCUT2D eigenvalue weighted by molar-refractivity contribution is 0.0828. The summed E-state index contributed by atoms with van der Waals surface area (Å²) < 4.78 is 0. The number of hydrogen-bond donors (Lipinski definition) is 1. The van der Waals surface area contributed by atoms with Gasteiger partial charge >= 0.3 is 0 Å². The van der Waals surface area contributed by atoms with Crippen LogP contribution in [0.3, 0.4) is 0 Å². The zero-order valence-electron chi connectivity index (χ0n) is 8.52. The van der Waals surface area contributed by atoms with Gasteiger partial charge in [0.25, 0.3) is 5.91 Å². The van der Waals surface area contributed by atoms with Crippen molar-refractivity contribution in [3.05, 3.63) is 30.1 Å². The zero-order valence-corrected chi connectivity index (χ0v) is 10.9. The molecule has 2 aromatic rings. The lowest BCUT2D eigenvalue weighted by Gasteiger charge is -2.09. The van der Waals surface area contributed by atoms with Gasteiger partial charge in [-0.05, 0) is 18.2 Å². The molecule has 0 aliphatic heterocycles. The van der Waals surface area contributed by atoms with E-state index in [0.29, 0.717) is 5.56 Å². The molecule has 0 atom stereocenters. The average Bonchev–Trinajstić information content (AvgIpc) is 2.62. The molecule has 0 aliphatic carbocycles. The van der Waals surface area contributed by atoms with E-state index in [9.17, 15) is 4.79 Å². The molecule has 4 nitrogen and oxygen atoms in total. The number of rotatable bonds is 1. The molecule has 1 amide bonds. The van der Waals surface area contributed by atoms with Crippen LogP contribution in [-0.2, 0) is 0 Å². The van der Waals surface area contributed by atoms with Crippen LogP contribution in [0.5, 0.6) is 0 Å². The van der Waals surface area contributed by atoms with Crippen molar-refractivity contribution in [2.75, 3.05) is 14.1 Å². The number of H-pyrrole nitrogens is 1. The summed E-state index contributed by atoms with van der Waals surface area (Å²) in [6, 6.07) is 5.43. The number of fused-ring (bicyclic) bond motifs is 1. The molecule has 15 heavy (non-hydrogen) atoms. The lowest BCUT2D eigenvalue weighted by atomic mass is 10.2. The van der Waals surface area contributed by atoms with E-state index in [2.05, 4.69) is 9.97 Å². The van der Waals surface area contributed by atoms with E-state index >= 15 is 0 Å². The summed E-state index contributed by atoms with van der Waals surface area (Å²) in [4.78, 5) is 20.2. The second kappa shape index (κ2) is 4.61. The van der Waals surface area contributed by atoms with Crippen molar-refractivity contribution in [3.8, 4) is 0 Å². The van der Waals surface area contributed by atoms with Gasteiger partial charge in [0.1, 0.15) is 0 Å². The van der Waals surface area contributed by atoms with Crippen molar-refractivity contribution in [2.45, 2.75) is 0 Å². The molecule has 0 saturated carbocycles. The number of aromatic nitrogens is 2. The van der Waals surface area contributed by atoms with Crippen LogP contribution in [0.4, 0.5) is 0 Å². The third kappa shape index (κ3) is 2.28. The van der Waals surface area contributed by atoms with Crippen LogP contribution in [0, 0.1) is 0 Å². The summed E-state index contributed by atoms with van der Waals surface area (Å²) in [6.07, 6.45) is 1.62. The van der Waals surface area contributed by atoms with Crippen LogP contribution in [-0.4, -0.2) is 34.9 Å². The molecule has 1 N–H and O–H groups in total. The Balaban J connectivity index is 0.00000112. The maximum Gasteiger partial charge on any atom is 0.253 e. The molecule has 0 saturated heterocycles. The predicted molar refractivity (Wildman–Crippen MR) is 69.5 cm³/mol. The van der Waals surface area contributed by atoms with Crippen LogP contribution < -0.4 is 0 Å². The van der Waals surface area contributed by atoms with Gasteiger partial charge in [0.15, 0.2) is 0 Å². The van der Waals surface area contributed by atoms with E-state index < -0.39 is 0 Å². The molecule has 1 heterocycles. The highest BCUT2D eigenvalue weighted by Crippen LogP contribution is 2.12. The number of hydrogen-bond acceptors (Lipinski definition) is 2. The van der Waals surface area contributed by atoms with Gasteiger partial charge in [-0.2, -0.15) is 0 Å². The monoisotopic (exact) mass is 317 g/mol. The van der Waals surface area contributed by atoms with Crippen molar-refractivity contribution in [1.29, 1.82) is 0 Å². The van der Waals surface area contributed by atoms with E-state index in [1.165, 1.54) is 0 Å². The SMILES string of the molecule is CN(C)C(=O)c1ccc2nc[nH]c2c1.I. The Kier molecular flexibility index (Phi) is 3.67. The Hall–Kier alpha value is -1.11. The number of aromatic amines is 1. The lowest BCUT2D eigenvalue weighted by Crippen LogP contribution is -2.21. The van der Waals surface area contributed by atoms with Gasteiger partial charge < -0.3 is 9.88 Å². The molecule has 0 unspecified atom stereocenters. The highest BCUT2D eigenvalue weighted by Gasteiger charge is 2.08. The van der Waals surface area contributed by atoms with Gasteiger partial charge in [-0.3, -0.25) is 4.79 Å². The summed E-state index contributed by atoms with van der Waals surface area (Å²) >= 11 is 0. The maximum atomic E-state index is 11.6. The summed E-state index contributed by atoms with van der Waals surface area (Å²) in [6.45, 7) is 0. The molecule has 0 spiro atoms. The minimum absolute atomic E-state index is 0. The fourth-order valence-electron chi connectivity index (χ4n) is 1.33. The first kappa shape index (κ1) is 12.0. The number of nitrogens with one attached hydrogen (secondary N) is 1. The second-order valence-corrected chi connectivity index (χ2v) is 3.33. The topological polar surface area (TPSA) is 49.0 Å². The number of imidazole rings is 1. The Bertz CT molecular complexity index is 478. The Morgan fingerprint density at radius 3 is 2.80 bits per heavy atom. The zero-order chi connectivity index (χ0) is 10.1. The molecule has 5 heteroatoms. The smallest absolute Gasteiger partial charge is 0.253 e. The van der Waals surface area contributed by atoms with Crippen molar-refractivity contribution < 1.29 is 4.79 Å². The molecule has 0 bridgehead atoms. The van der Waals surface area contributed by atoms with Gasteiger partial charge in [-0.1, -0.05) is 0 Å². The largest absolute Gasteiger partial charge is 0.345 e. The van der Waals surface area contributed by atoms with Crippen LogP contribution in [0.15, 0.2) is 24.5 Å². The van der Waals surface area contributed by atoms with Crippen molar-refractivity contribution in [1.82, 2.24) is 14.9 Å². The highest BCUT2D eigenvalue weighted by atomic mass is 127. The Morgan fingerprint density at radius 2 is 2.13 bits per heavy atom. The standard InChI is InChI=1S/C10H11N3O.HI/c1-13(2)10(14)7-3-4-8-9(5-7)12-6-11-8;/h3-6H,1-2H3,(H,11,12);1H. The minimum atomic E-state index is 0.